The van der Waals surface area contributed by atoms with Gasteiger partial charge in [0.15, 0.2) is 17.5 Å². The second kappa shape index (κ2) is 8.27. The number of hydrogen-bond donors (Lipinski definition) is 0. The molecule has 0 spiro atoms. The van der Waals surface area contributed by atoms with Crippen molar-refractivity contribution in [2.45, 2.75) is 0 Å². The molecule has 0 bridgehead atoms. The lowest BCUT2D eigenvalue weighted by molar-refractivity contribution is 1.08. The van der Waals surface area contributed by atoms with Crippen molar-refractivity contribution in [3.05, 3.63) is 103 Å². The molecule has 1 heterocycles. The van der Waals surface area contributed by atoms with E-state index in [1.165, 1.54) is 10.8 Å². The Labute approximate surface area is 200 Å². The number of hydrogen-bond acceptors (Lipinski definition) is 3. The van der Waals surface area contributed by atoms with E-state index in [-0.39, 0.29) is 0 Å². The summed E-state index contributed by atoms with van der Waals surface area (Å²) in [4.78, 5) is 14.5. The zero-order valence-electron chi connectivity index (χ0n) is 18.3. The molecule has 0 aliphatic heterocycles. The molecule has 0 N–H and O–H groups in total. The first-order valence-electron chi connectivity index (χ1n) is 11.0. The fourth-order valence-corrected chi connectivity index (χ4v) is 4.23. The van der Waals surface area contributed by atoms with Crippen molar-refractivity contribution in [3.63, 3.8) is 0 Å². The topological polar surface area (TPSA) is 38.7 Å². The van der Waals surface area contributed by atoms with Gasteiger partial charge in [-0.2, -0.15) is 0 Å². The van der Waals surface area contributed by atoms with Gasteiger partial charge in [0.1, 0.15) is 15.7 Å². The highest BCUT2D eigenvalue weighted by atomic mass is 15.0. The van der Waals surface area contributed by atoms with E-state index in [4.69, 9.17) is 30.6 Å². The average Bonchev–Trinajstić information content (AvgIpc) is 2.87. The van der Waals surface area contributed by atoms with E-state index in [0.717, 1.165) is 27.5 Å². The second-order valence-corrected chi connectivity index (χ2v) is 8.32. The summed E-state index contributed by atoms with van der Waals surface area (Å²) in [6.45, 7) is 0. The van der Waals surface area contributed by atoms with Gasteiger partial charge in [-0.25, -0.2) is 15.0 Å². The van der Waals surface area contributed by atoms with Crippen molar-refractivity contribution < 1.29 is 0 Å². The molecule has 5 aromatic carbocycles. The Balaban J connectivity index is 1.58. The highest BCUT2D eigenvalue weighted by molar-refractivity contribution is 6.38. The lowest BCUT2D eigenvalue weighted by atomic mass is 9.85. The van der Waals surface area contributed by atoms with Gasteiger partial charge in [-0.05, 0) is 33.7 Å². The monoisotopic (exact) mass is 429 g/mol. The first kappa shape index (κ1) is 20.4. The van der Waals surface area contributed by atoms with Gasteiger partial charge in [0.25, 0.3) is 0 Å². The average molecular weight is 429 g/mol. The van der Waals surface area contributed by atoms with E-state index in [9.17, 15) is 0 Å². The summed E-state index contributed by atoms with van der Waals surface area (Å²) < 4.78 is 0. The fraction of sp³-hybridized carbons (Fsp3) is 0. The normalized spacial score (nSPS) is 11.2. The molecule has 0 unspecified atom stereocenters. The molecular formula is C29H17B2N3. The van der Waals surface area contributed by atoms with Crippen LogP contribution in [0.5, 0.6) is 0 Å². The number of nitrogens with zero attached hydrogens (tertiary/aromatic N) is 3. The lowest BCUT2D eigenvalue weighted by Crippen LogP contribution is -2.14. The molecule has 6 aromatic rings. The van der Waals surface area contributed by atoms with Crippen LogP contribution < -0.4 is 10.9 Å². The first-order valence-corrected chi connectivity index (χ1v) is 11.0. The quantitative estimate of drug-likeness (QED) is 0.381. The number of benzene rings is 5. The van der Waals surface area contributed by atoms with Gasteiger partial charge in [0.2, 0.25) is 0 Å². The molecule has 4 radical (unpaired) electrons. The van der Waals surface area contributed by atoms with Crippen molar-refractivity contribution >= 4 is 48.2 Å². The van der Waals surface area contributed by atoms with Crippen LogP contribution in [0.4, 0.5) is 0 Å². The molecule has 6 rings (SSSR count). The third-order valence-corrected chi connectivity index (χ3v) is 5.89. The maximum Gasteiger partial charge on any atom is 0.164 e. The van der Waals surface area contributed by atoms with Crippen LogP contribution in [-0.2, 0) is 0 Å². The Morgan fingerprint density at radius 2 is 0.794 bits per heavy atom. The van der Waals surface area contributed by atoms with Crippen molar-refractivity contribution in [1.29, 1.82) is 0 Å². The minimum Gasteiger partial charge on any atom is -0.208 e. The van der Waals surface area contributed by atoms with Crippen LogP contribution in [-0.4, -0.2) is 30.6 Å². The van der Waals surface area contributed by atoms with Gasteiger partial charge < -0.3 is 0 Å². The molecule has 0 saturated heterocycles. The Hall–Kier alpha value is -4.24. The van der Waals surface area contributed by atoms with Crippen LogP contribution in [0.25, 0.3) is 55.7 Å². The Morgan fingerprint density at radius 1 is 0.382 bits per heavy atom. The summed E-state index contributed by atoms with van der Waals surface area (Å²) in [5.41, 5.74) is 3.72. The summed E-state index contributed by atoms with van der Waals surface area (Å²) in [7, 11) is 12.1. The highest BCUT2D eigenvalue weighted by Gasteiger charge is 2.13. The van der Waals surface area contributed by atoms with E-state index in [0.29, 0.717) is 28.4 Å². The molecule has 154 valence electrons. The summed E-state index contributed by atoms with van der Waals surface area (Å²) in [5.74, 6) is 1.72. The molecule has 0 aliphatic rings. The minimum atomic E-state index is 0.528. The standard InChI is InChI=1S/C29H17B2N3/c30-25-15-24(16-26(31)17-25)29-33-27(22-11-9-18-5-1-3-7-20(18)13-22)32-28(34-29)23-12-10-19-6-2-4-8-21(19)14-23/h1-17H. The largest absolute Gasteiger partial charge is 0.208 e. The molecule has 3 nitrogen and oxygen atoms in total. The van der Waals surface area contributed by atoms with Crippen molar-refractivity contribution in [2.24, 2.45) is 0 Å². The minimum absolute atomic E-state index is 0.528. The molecular weight excluding hydrogens is 412 g/mol. The van der Waals surface area contributed by atoms with Crippen LogP contribution in [0.1, 0.15) is 0 Å². The van der Waals surface area contributed by atoms with E-state index in [2.05, 4.69) is 48.5 Å². The lowest BCUT2D eigenvalue weighted by Gasteiger charge is -2.11. The van der Waals surface area contributed by atoms with Gasteiger partial charge in [-0.1, -0.05) is 102 Å². The van der Waals surface area contributed by atoms with Crippen LogP contribution in [0.15, 0.2) is 103 Å². The fourth-order valence-electron chi connectivity index (χ4n) is 4.23. The summed E-state index contributed by atoms with van der Waals surface area (Å²) in [6.07, 6.45) is 0. The summed E-state index contributed by atoms with van der Waals surface area (Å²) in [6, 6.07) is 34.3. The summed E-state index contributed by atoms with van der Waals surface area (Å²) in [5, 5.41) is 4.59. The predicted octanol–water partition coefficient (Wildman–Crippen LogP) is 4.77. The van der Waals surface area contributed by atoms with Gasteiger partial charge in [0.05, 0.1) is 0 Å². The van der Waals surface area contributed by atoms with Crippen LogP contribution in [0.2, 0.25) is 0 Å². The van der Waals surface area contributed by atoms with Crippen LogP contribution in [0.3, 0.4) is 0 Å². The summed E-state index contributed by atoms with van der Waals surface area (Å²) >= 11 is 0. The second-order valence-electron chi connectivity index (χ2n) is 8.32. The molecule has 0 fully saturated rings. The number of fused-ring (bicyclic) bond motifs is 2. The van der Waals surface area contributed by atoms with Gasteiger partial charge >= 0.3 is 0 Å². The molecule has 0 amide bonds. The molecule has 0 atom stereocenters. The van der Waals surface area contributed by atoms with Crippen molar-refractivity contribution in [1.82, 2.24) is 15.0 Å². The predicted molar refractivity (Wildman–Crippen MR) is 142 cm³/mol. The smallest absolute Gasteiger partial charge is 0.164 e. The zero-order valence-corrected chi connectivity index (χ0v) is 18.3. The van der Waals surface area contributed by atoms with E-state index < -0.39 is 0 Å². The maximum absolute atomic E-state index is 6.07. The highest BCUT2D eigenvalue weighted by Crippen LogP contribution is 2.28. The third kappa shape index (κ3) is 3.86. The molecule has 34 heavy (non-hydrogen) atoms. The van der Waals surface area contributed by atoms with Crippen LogP contribution in [0, 0.1) is 0 Å². The number of aromatic nitrogens is 3. The van der Waals surface area contributed by atoms with Crippen molar-refractivity contribution in [3.8, 4) is 34.2 Å². The molecule has 0 aliphatic carbocycles. The Morgan fingerprint density at radius 3 is 1.26 bits per heavy atom. The molecule has 5 heteroatoms. The number of rotatable bonds is 3. The van der Waals surface area contributed by atoms with E-state index in [1.54, 1.807) is 6.07 Å². The van der Waals surface area contributed by atoms with Crippen LogP contribution >= 0.6 is 0 Å². The Kier molecular flexibility index (Phi) is 4.96. The zero-order chi connectivity index (χ0) is 23.1. The van der Waals surface area contributed by atoms with E-state index in [1.807, 2.05) is 48.5 Å². The first-order chi connectivity index (χ1) is 16.6. The third-order valence-electron chi connectivity index (χ3n) is 5.89. The Bertz CT molecular complexity index is 1580. The van der Waals surface area contributed by atoms with E-state index >= 15 is 0 Å². The van der Waals surface area contributed by atoms with Crippen molar-refractivity contribution in [2.75, 3.05) is 0 Å². The molecule has 1 aromatic heterocycles. The maximum atomic E-state index is 6.07. The van der Waals surface area contributed by atoms with Gasteiger partial charge in [-0.15, -0.1) is 0 Å². The van der Waals surface area contributed by atoms with Gasteiger partial charge in [-0.3, -0.25) is 0 Å². The van der Waals surface area contributed by atoms with Gasteiger partial charge in [0, 0.05) is 16.7 Å². The molecule has 0 saturated carbocycles. The SMILES string of the molecule is [B]c1cc([B])cc(-c2nc(-c3ccc4ccccc4c3)nc(-c3ccc4ccccc4c3)n2)c1.